The Hall–Kier alpha value is 0.0900. The Morgan fingerprint density at radius 2 is 2.42 bits per heavy atom. The van der Waals surface area contributed by atoms with Crippen LogP contribution in [0.3, 0.4) is 0 Å². The molecule has 1 heteroatoms. The predicted molar refractivity (Wildman–Crippen MR) is 58.6 cm³/mol. The average molecular weight is 184 g/mol. The molecule has 0 aromatic carbocycles. The molecule has 0 bridgehead atoms. The van der Waals surface area contributed by atoms with Crippen LogP contribution >= 0.6 is 11.8 Å². The van der Waals surface area contributed by atoms with Gasteiger partial charge >= 0.3 is 0 Å². The van der Waals surface area contributed by atoms with E-state index in [1.54, 1.807) is 5.57 Å². The van der Waals surface area contributed by atoms with Crippen molar-refractivity contribution in [3.8, 4) is 0 Å². The molecule has 0 heterocycles. The summed E-state index contributed by atoms with van der Waals surface area (Å²) >= 11 is 1.98. The first-order valence-corrected chi connectivity index (χ1v) is 6.28. The van der Waals surface area contributed by atoms with Crippen molar-refractivity contribution in [2.75, 3.05) is 12.0 Å². The molecule has 1 aliphatic rings. The monoisotopic (exact) mass is 184 g/mol. The van der Waals surface area contributed by atoms with E-state index in [9.17, 15) is 0 Å². The molecule has 2 atom stereocenters. The van der Waals surface area contributed by atoms with Crippen LogP contribution in [0.4, 0.5) is 0 Å². The molecule has 0 spiro atoms. The summed E-state index contributed by atoms with van der Waals surface area (Å²) in [4.78, 5) is 0. The van der Waals surface area contributed by atoms with E-state index in [0.29, 0.717) is 0 Å². The maximum atomic E-state index is 2.44. The van der Waals surface area contributed by atoms with Crippen molar-refractivity contribution in [3.63, 3.8) is 0 Å². The Kier molecular flexibility index (Phi) is 4.20. The Bertz CT molecular complexity index is 160. The van der Waals surface area contributed by atoms with Crippen LogP contribution in [-0.2, 0) is 0 Å². The van der Waals surface area contributed by atoms with E-state index in [1.807, 2.05) is 11.8 Å². The van der Waals surface area contributed by atoms with Crippen LogP contribution in [0.15, 0.2) is 11.6 Å². The van der Waals surface area contributed by atoms with E-state index in [0.717, 1.165) is 11.8 Å². The molecule has 12 heavy (non-hydrogen) atoms. The third kappa shape index (κ3) is 2.85. The summed E-state index contributed by atoms with van der Waals surface area (Å²) < 4.78 is 0. The second-order valence-electron chi connectivity index (χ2n) is 4.02. The van der Waals surface area contributed by atoms with Crippen molar-refractivity contribution in [3.05, 3.63) is 11.6 Å². The quantitative estimate of drug-likeness (QED) is 0.602. The molecule has 0 aromatic heterocycles. The minimum Gasteiger partial charge on any atom is -0.165 e. The third-order valence-electron chi connectivity index (χ3n) is 2.91. The maximum absolute atomic E-state index is 2.44. The van der Waals surface area contributed by atoms with Crippen molar-refractivity contribution in [1.82, 2.24) is 0 Å². The molecule has 0 saturated heterocycles. The van der Waals surface area contributed by atoms with E-state index in [-0.39, 0.29) is 0 Å². The molecule has 0 saturated carbocycles. The lowest BCUT2D eigenvalue weighted by Gasteiger charge is -2.25. The highest BCUT2D eigenvalue weighted by Gasteiger charge is 2.18. The normalized spacial score (nSPS) is 26.6. The molecule has 0 nitrogen and oxygen atoms in total. The molecular weight excluding hydrogens is 164 g/mol. The van der Waals surface area contributed by atoms with Crippen LogP contribution in [0.25, 0.3) is 0 Å². The third-order valence-corrected chi connectivity index (χ3v) is 3.77. The summed E-state index contributed by atoms with van der Waals surface area (Å²) in [5.74, 6) is 3.20. The number of rotatable bonds is 3. The van der Waals surface area contributed by atoms with Crippen molar-refractivity contribution in [2.24, 2.45) is 11.8 Å². The average Bonchev–Trinajstić information content (AvgIpc) is 2.06. The Labute approximate surface area is 80.8 Å². The zero-order valence-corrected chi connectivity index (χ0v) is 9.29. The van der Waals surface area contributed by atoms with Gasteiger partial charge in [0.15, 0.2) is 0 Å². The van der Waals surface area contributed by atoms with Gasteiger partial charge in [0.05, 0.1) is 0 Å². The molecule has 0 N–H and O–H groups in total. The Balaban J connectivity index is 2.34. The summed E-state index contributed by atoms with van der Waals surface area (Å²) in [5, 5.41) is 0. The van der Waals surface area contributed by atoms with Crippen LogP contribution in [0.1, 0.15) is 33.1 Å². The first kappa shape index (κ1) is 10.2. The van der Waals surface area contributed by atoms with Gasteiger partial charge in [-0.15, -0.1) is 0 Å². The second kappa shape index (κ2) is 4.96. The first-order valence-electron chi connectivity index (χ1n) is 4.88. The lowest BCUT2D eigenvalue weighted by atomic mass is 9.83. The van der Waals surface area contributed by atoms with Gasteiger partial charge in [-0.3, -0.25) is 0 Å². The fourth-order valence-corrected chi connectivity index (χ4v) is 2.70. The molecule has 0 amide bonds. The minimum absolute atomic E-state index is 0.907. The molecule has 0 aromatic rings. The van der Waals surface area contributed by atoms with E-state index in [2.05, 4.69) is 26.2 Å². The van der Waals surface area contributed by atoms with Gasteiger partial charge in [0.2, 0.25) is 0 Å². The minimum atomic E-state index is 0.907. The lowest BCUT2D eigenvalue weighted by molar-refractivity contribution is 0.356. The molecule has 0 radical (unpaired) electrons. The molecule has 0 fully saturated rings. The van der Waals surface area contributed by atoms with Crippen molar-refractivity contribution < 1.29 is 0 Å². The highest BCUT2D eigenvalue weighted by atomic mass is 32.2. The van der Waals surface area contributed by atoms with E-state index in [1.165, 1.54) is 25.0 Å². The van der Waals surface area contributed by atoms with Gasteiger partial charge in [0.25, 0.3) is 0 Å². The summed E-state index contributed by atoms with van der Waals surface area (Å²) in [6.07, 6.45) is 8.73. The summed E-state index contributed by atoms with van der Waals surface area (Å²) in [7, 11) is 0. The van der Waals surface area contributed by atoms with Crippen LogP contribution < -0.4 is 0 Å². The van der Waals surface area contributed by atoms with Gasteiger partial charge in [0.1, 0.15) is 0 Å². The van der Waals surface area contributed by atoms with Gasteiger partial charge in [-0.2, -0.15) is 11.8 Å². The van der Waals surface area contributed by atoms with E-state index >= 15 is 0 Å². The largest absolute Gasteiger partial charge is 0.165 e. The lowest BCUT2D eigenvalue weighted by Crippen LogP contribution is -2.16. The van der Waals surface area contributed by atoms with Gasteiger partial charge in [-0.25, -0.2) is 0 Å². The predicted octanol–water partition coefficient (Wildman–Crippen LogP) is 3.73. The summed E-state index contributed by atoms with van der Waals surface area (Å²) in [6, 6.07) is 0. The Morgan fingerprint density at radius 3 is 2.92 bits per heavy atom. The highest BCUT2D eigenvalue weighted by molar-refractivity contribution is 7.98. The Morgan fingerprint density at radius 1 is 1.67 bits per heavy atom. The van der Waals surface area contributed by atoms with Crippen LogP contribution in [-0.4, -0.2) is 12.0 Å². The van der Waals surface area contributed by atoms with Crippen molar-refractivity contribution >= 4 is 11.8 Å². The fraction of sp³-hybridized carbons (Fsp3) is 0.818. The standard InChI is InChI=1S/C11H20S/c1-9-4-6-11(7-5-9)10(2)8-12-3/h4,10-11H,5-8H2,1-3H3. The fourth-order valence-electron chi connectivity index (χ4n) is 1.90. The molecule has 0 aliphatic heterocycles. The molecule has 1 rings (SSSR count). The number of hydrogen-bond donors (Lipinski definition) is 0. The topological polar surface area (TPSA) is 0 Å². The van der Waals surface area contributed by atoms with Gasteiger partial charge < -0.3 is 0 Å². The SMILES string of the molecule is CSCC(C)C1CC=C(C)CC1. The zero-order chi connectivity index (χ0) is 8.97. The number of hydrogen-bond acceptors (Lipinski definition) is 1. The van der Waals surface area contributed by atoms with Crippen LogP contribution in [0.5, 0.6) is 0 Å². The first-order chi connectivity index (χ1) is 5.74. The summed E-state index contributed by atoms with van der Waals surface area (Å²) in [5.41, 5.74) is 1.60. The van der Waals surface area contributed by atoms with Gasteiger partial charge in [0, 0.05) is 0 Å². The second-order valence-corrected chi connectivity index (χ2v) is 4.93. The number of thioether (sulfide) groups is 1. The van der Waals surface area contributed by atoms with Crippen LogP contribution in [0, 0.1) is 11.8 Å². The van der Waals surface area contributed by atoms with Gasteiger partial charge in [-0.05, 0) is 50.0 Å². The van der Waals surface area contributed by atoms with Gasteiger partial charge in [-0.1, -0.05) is 18.6 Å². The van der Waals surface area contributed by atoms with E-state index < -0.39 is 0 Å². The maximum Gasteiger partial charge on any atom is -0.00418 e. The molecular formula is C11H20S. The molecule has 70 valence electrons. The van der Waals surface area contributed by atoms with Crippen molar-refractivity contribution in [2.45, 2.75) is 33.1 Å². The van der Waals surface area contributed by atoms with Crippen LogP contribution in [0.2, 0.25) is 0 Å². The molecule has 2 unspecified atom stereocenters. The highest BCUT2D eigenvalue weighted by Crippen LogP contribution is 2.30. The zero-order valence-electron chi connectivity index (χ0n) is 8.47. The summed E-state index contributed by atoms with van der Waals surface area (Å²) in [6.45, 7) is 4.66. The van der Waals surface area contributed by atoms with E-state index in [4.69, 9.17) is 0 Å². The van der Waals surface area contributed by atoms with Crippen molar-refractivity contribution in [1.29, 1.82) is 0 Å². The molecule has 1 aliphatic carbocycles. The number of allylic oxidation sites excluding steroid dienone is 2. The smallest absolute Gasteiger partial charge is 0.00418 e.